The summed E-state index contributed by atoms with van der Waals surface area (Å²) >= 11 is 0. The first kappa shape index (κ1) is 32.6. The van der Waals surface area contributed by atoms with Gasteiger partial charge in [-0.3, -0.25) is 18.8 Å². The number of unbranched alkanes of at least 4 members (excludes halogenated alkanes) is 2. The Morgan fingerprint density at radius 2 is 2.05 bits per heavy atom. The van der Waals surface area contributed by atoms with Gasteiger partial charge in [0.1, 0.15) is 18.2 Å². The molecule has 1 saturated heterocycles. The minimum absolute atomic E-state index is 0.0421. The lowest BCUT2D eigenvalue weighted by Crippen LogP contribution is -2.40. The molecule has 1 aliphatic heterocycles. The predicted octanol–water partition coefficient (Wildman–Crippen LogP) is 2.49. The number of nitrogens with one attached hydrogen (secondary N) is 1. The van der Waals surface area contributed by atoms with Crippen LogP contribution in [0.5, 0.6) is 0 Å². The molecule has 3 heterocycles. The van der Waals surface area contributed by atoms with Crippen molar-refractivity contribution in [2.45, 2.75) is 90.1 Å². The number of carbonyl (C=O) groups excluding carboxylic acids is 2. The van der Waals surface area contributed by atoms with Gasteiger partial charge in [-0.05, 0) is 34.1 Å². The first-order valence-corrected chi connectivity index (χ1v) is 14.7. The summed E-state index contributed by atoms with van der Waals surface area (Å²) in [7, 11) is -1.54. The topological polar surface area (TPSA) is 193 Å². The number of nitrogens with two attached hydrogens (primary N) is 1. The summed E-state index contributed by atoms with van der Waals surface area (Å²) in [6, 6.07) is -0.916. The molecule has 0 saturated carbocycles. The minimum Gasteiger partial charge on any atom is -0.462 e. The fraction of sp³-hybridized carbons (Fsp3) is 0.708. The summed E-state index contributed by atoms with van der Waals surface area (Å²) in [5, 5.41) is 13.2. The van der Waals surface area contributed by atoms with Crippen LogP contribution in [-0.4, -0.2) is 87.0 Å². The summed E-state index contributed by atoms with van der Waals surface area (Å²) < 4.78 is 50.8. The molecule has 2 aromatic heterocycles. The normalized spacial score (nSPS) is 24.0. The molecule has 15 nitrogen and oxygen atoms in total. The van der Waals surface area contributed by atoms with Crippen molar-refractivity contribution in [1.29, 1.82) is 0 Å². The molecular weight excluding hydrogens is 564 g/mol. The summed E-state index contributed by atoms with van der Waals surface area (Å²) in [5.41, 5.74) is 3.70. The number of anilines is 2. The highest BCUT2D eigenvalue weighted by molar-refractivity contribution is 7.36. The third kappa shape index (κ3) is 7.68. The molecule has 230 valence electrons. The van der Waals surface area contributed by atoms with Crippen LogP contribution in [0.15, 0.2) is 6.33 Å². The van der Waals surface area contributed by atoms with Gasteiger partial charge in [-0.25, -0.2) is 19.3 Å². The number of alkyl halides is 1. The molecule has 41 heavy (non-hydrogen) atoms. The second kappa shape index (κ2) is 13.8. The third-order valence-corrected chi connectivity index (χ3v) is 7.47. The van der Waals surface area contributed by atoms with Crippen LogP contribution in [0.25, 0.3) is 11.2 Å². The molecule has 17 heteroatoms. The van der Waals surface area contributed by atoms with E-state index in [9.17, 15) is 19.3 Å². The summed E-state index contributed by atoms with van der Waals surface area (Å²) in [6.45, 7) is 7.76. The van der Waals surface area contributed by atoms with E-state index in [0.29, 0.717) is 6.42 Å². The molecule has 0 radical (unpaired) electrons. The number of rotatable bonds is 13. The van der Waals surface area contributed by atoms with E-state index in [-0.39, 0.29) is 35.6 Å². The van der Waals surface area contributed by atoms with Crippen molar-refractivity contribution in [3.63, 3.8) is 0 Å². The number of carbonyl (C=O) groups is 2. The van der Waals surface area contributed by atoms with Gasteiger partial charge in [-0.15, -0.1) is 0 Å². The van der Waals surface area contributed by atoms with Crippen LogP contribution in [0.4, 0.5) is 21.0 Å². The second-order valence-electron chi connectivity index (χ2n) is 10.2. The van der Waals surface area contributed by atoms with Gasteiger partial charge in [0, 0.05) is 7.05 Å². The number of nitrogen functional groups attached to an aromatic ring is 1. The van der Waals surface area contributed by atoms with Crippen molar-refractivity contribution in [3.05, 3.63) is 6.33 Å². The number of halogens is 1. The van der Waals surface area contributed by atoms with Crippen LogP contribution in [0.3, 0.4) is 0 Å². The quantitative estimate of drug-likeness (QED) is 0.172. The SMILES string of the molecule is CCCCCOC(=O)N(C)c1nc(N)nc2c1ncn2[C@@H]1O[C@H](CO[PH](=O)N[C@@H](C)C(=O)OC(C)C)[C@@H](O)[C@@]1(C)F. The molecule has 2 aromatic rings. The van der Waals surface area contributed by atoms with Gasteiger partial charge in [-0.2, -0.15) is 9.97 Å². The fourth-order valence-corrected chi connectivity index (χ4v) is 5.01. The first-order chi connectivity index (χ1) is 19.3. The van der Waals surface area contributed by atoms with E-state index in [1.807, 2.05) is 6.92 Å². The van der Waals surface area contributed by atoms with Gasteiger partial charge < -0.3 is 29.6 Å². The number of amides is 1. The number of nitrogens with zero attached hydrogens (tertiary/aromatic N) is 5. The number of aliphatic hydroxyl groups is 1. The average Bonchev–Trinajstić information content (AvgIpc) is 3.41. The van der Waals surface area contributed by atoms with Crippen LogP contribution in [0, 0.1) is 0 Å². The van der Waals surface area contributed by atoms with E-state index in [1.165, 1.54) is 24.9 Å². The molecule has 0 bridgehead atoms. The number of aliphatic hydroxyl groups excluding tert-OH is 1. The molecule has 1 unspecified atom stereocenters. The molecule has 0 aromatic carbocycles. The second-order valence-corrected chi connectivity index (χ2v) is 11.3. The Balaban J connectivity index is 1.75. The van der Waals surface area contributed by atoms with Crippen molar-refractivity contribution in [2.75, 3.05) is 30.9 Å². The van der Waals surface area contributed by atoms with Crippen molar-refractivity contribution in [1.82, 2.24) is 24.6 Å². The van der Waals surface area contributed by atoms with Gasteiger partial charge in [0.2, 0.25) is 5.95 Å². The van der Waals surface area contributed by atoms with Gasteiger partial charge in [0.05, 0.1) is 25.6 Å². The summed E-state index contributed by atoms with van der Waals surface area (Å²) in [5.74, 6) is -0.785. The molecule has 0 aliphatic carbocycles. The largest absolute Gasteiger partial charge is 0.462 e. The Labute approximate surface area is 237 Å². The smallest absolute Gasteiger partial charge is 0.415 e. The highest BCUT2D eigenvalue weighted by Gasteiger charge is 2.55. The third-order valence-electron chi connectivity index (χ3n) is 6.37. The van der Waals surface area contributed by atoms with E-state index in [4.69, 9.17) is 24.5 Å². The maximum Gasteiger partial charge on any atom is 0.415 e. The standard InChI is InChI=1S/C24H39FN7O8P/c1-7-8-9-10-37-23(35)31(6)18-16-19(29-22(26)28-18)32(12-27-16)21-24(5,25)17(33)15(40-21)11-38-41(36)30-14(4)20(34)39-13(2)3/h12-15,17,21,33,41H,7-11H2,1-6H3,(H,30,36)(H2,26,28,29)/t14-,15+,17+,21+,24+/m0/s1. The molecule has 1 amide bonds. The Morgan fingerprint density at radius 1 is 1.34 bits per heavy atom. The van der Waals surface area contributed by atoms with E-state index in [1.54, 1.807) is 13.8 Å². The van der Waals surface area contributed by atoms with E-state index in [0.717, 1.165) is 24.7 Å². The number of ether oxygens (including phenoxy) is 3. The lowest BCUT2D eigenvalue weighted by atomic mass is 9.98. The van der Waals surface area contributed by atoms with Crippen molar-refractivity contribution in [2.24, 2.45) is 0 Å². The molecule has 6 atom stereocenters. The van der Waals surface area contributed by atoms with E-state index >= 15 is 4.39 Å². The van der Waals surface area contributed by atoms with Gasteiger partial charge >= 0.3 is 12.1 Å². The average molecular weight is 604 g/mol. The van der Waals surface area contributed by atoms with Crippen LogP contribution in [0.2, 0.25) is 0 Å². The Morgan fingerprint density at radius 3 is 2.71 bits per heavy atom. The summed E-state index contributed by atoms with van der Waals surface area (Å²) in [4.78, 5) is 38.2. The number of hydrogen-bond donors (Lipinski definition) is 3. The van der Waals surface area contributed by atoms with Crippen molar-refractivity contribution in [3.8, 4) is 0 Å². The molecule has 0 spiro atoms. The highest BCUT2D eigenvalue weighted by atomic mass is 31.1. The monoisotopic (exact) mass is 603 g/mol. The molecule has 3 rings (SSSR count). The Hall–Kier alpha value is -2.91. The van der Waals surface area contributed by atoms with E-state index in [2.05, 4.69) is 20.0 Å². The highest BCUT2D eigenvalue weighted by Crippen LogP contribution is 2.43. The fourth-order valence-electron chi connectivity index (χ4n) is 4.14. The molecule has 1 fully saturated rings. The molecular formula is C24H39FN7O8P. The first-order valence-electron chi connectivity index (χ1n) is 13.3. The number of esters is 1. The number of hydrogen-bond acceptors (Lipinski definition) is 12. The lowest BCUT2D eigenvalue weighted by Gasteiger charge is -2.24. The van der Waals surface area contributed by atoms with Crippen molar-refractivity contribution >= 4 is 43.2 Å². The van der Waals surface area contributed by atoms with Gasteiger partial charge in [-0.1, -0.05) is 19.8 Å². The zero-order valence-corrected chi connectivity index (χ0v) is 25.0. The maximum absolute atomic E-state index is 15.9. The minimum atomic E-state index is -2.98. The Bertz CT molecular complexity index is 1250. The van der Waals surface area contributed by atoms with Gasteiger partial charge in [0.15, 0.2) is 28.9 Å². The lowest BCUT2D eigenvalue weighted by molar-refractivity contribution is -0.149. The predicted molar refractivity (Wildman–Crippen MR) is 147 cm³/mol. The van der Waals surface area contributed by atoms with Crippen molar-refractivity contribution < 1.29 is 42.4 Å². The van der Waals surface area contributed by atoms with Crippen LogP contribution < -0.4 is 15.7 Å². The maximum atomic E-state index is 15.9. The number of fused-ring (bicyclic) bond motifs is 1. The van der Waals surface area contributed by atoms with Crippen LogP contribution in [-0.2, 0) is 28.1 Å². The molecule has 1 aliphatic rings. The van der Waals surface area contributed by atoms with Crippen LogP contribution >= 0.6 is 8.18 Å². The zero-order chi connectivity index (χ0) is 30.5. The molecule has 4 N–H and O–H groups in total. The summed E-state index contributed by atoms with van der Waals surface area (Å²) in [6.07, 6.45) is -1.58. The Kier molecular flexibility index (Phi) is 11.0. The number of aromatic nitrogens is 4. The van der Waals surface area contributed by atoms with E-state index < -0.39 is 57.0 Å². The van der Waals surface area contributed by atoms with Crippen LogP contribution in [0.1, 0.15) is 60.1 Å². The number of imidazole rings is 1. The van der Waals surface area contributed by atoms with Gasteiger partial charge in [0.25, 0.3) is 8.18 Å². The zero-order valence-electron chi connectivity index (χ0n) is 24.0.